The molecule has 0 unspecified atom stereocenters. The summed E-state index contributed by atoms with van der Waals surface area (Å²) in [6.07, 6.45) is 4.64. The summed E-state index contributed by atoms with van der Waals surface area (Å²) in [6, 6.07) is 9.25. The number of rotatable bonds is 6. The summed E-state index contributed by atoms with van der Waals surface area (Å²) in [5.74, 6) is 0.378. The van der Waals surface area contributed by atoms with Gasteiger partial charge in [-0.2, -0.15) is 4.72 Å². The van der Waals surface area contributed by atoms with Crippen LogP contribution in [-0.2, 0) is 14.8 Å². The lowest BCUT2D eigenvalue weighted by Crippen LogP contribution is -2.39. The maximum atomic E-state index is 12.7. The van der Waals surface area contributed by atoms with Gasteiger partial charge in [-0.25, -0.2) is 8.42 Å². The summed E-state index contributed by atoms with van der Waals surface area (Å²) >= 11 is 0. The molecule has 1 aromatic heterocycles. The van der Waals surface area contributed by atoms with E-state index in [-0.39, 0.29) is 17.2 Å². The number of nitrogens with zero attached hydrogens (tertiary/aromatic N) is 1. The second-order valence-corrected chi connectivity index (χ2v) is 8.36. The van der Waals surface area contributed by atoms with Gasteiger partial charge in [0.1, 0.15) is 5.76 Å². The first-order valence-corrected chi connectivity index (χ1v) is 10.3. The van der Waals surface area contributed by atoms with Crippen molar-refractivity contribution >= 4 is 15.9 Å². The topological polar surface area (TPSA) is 79.6 Å². The van der Waals surface area contributed by atoms with Crippen molar-refractivity contribution in [1.82, 2.24) is 9.62 Å². The summed E-state index contributed by atoms with van der Waals surface area (Å²) in [4.78, 5) is 14.6. The zero-order valence-electron chi connectivity index (χ0n) is 14.8. The summed E-state index contributed by atoms with van der Waals surface area (Å²) in [7, 11) is -3.76. The highest BCUT2D eigenvalue weighted by atomic mass is 32.2. The Morgan fingerprint density at radius 1 is 1.15 bits per heavy atom. The molecule has 1 atom stereocenters. The lowest BCUT2D eigenvalue weighted by molar-refractivity contribution is -0.132. The van der Waals surface area contributed by atoms with Crippen LogP contribution in [0, 0.1) is 6.92 Å². The largest absolute Gasteiger partial charge is 0.468 e. The number of likely N-dealkylation sites (tertiary alicyclic amines) is 1. The van der Waals surface area contributed by atoms with Crippen molar-refractivity contribution in [2.24, 2.45) is 0 Å². The van der Waals surface area contributed by atoms with Gasteiger partial charge in [0.15, 0.2) is 0 Å². The molecule has 0 aliphatic carbocycles. The molecule has 1 aliphatic rings. The Bertz CT molecular complexity index is 823. The minimum atomic E-state index is -3.76. The first kappa shape index (κ1) is 18.7. The molecule has 140 valence electrons. The zero-order valence-corrected chi connectivity index (χ0v) is 15.7. The molecule has 1 aromatic carbocycles. The Morgan fingerprint density at radius 2 is 1.85 bits per heavy atom. The quantitative estimate of drug-likeness (QED) is 0.840. The van der Waals surface area contributed by atoms with Crippen LogP contribution in [0.2, 0.25) is 0 Å². The van der Waals surface area contributed by atoms with Crippen LogP contribution in [0.3, 0.4) is 0 Å². The molecule has 2 aromatic rings. The van der Waals surface area contributed by atoms with Gasteiger partial charge in [0.25, 0.3) is 0 Å². The molecule has 7 heteroatoms. The van der Waals surface area contributed by atoms with Crippen molar-refractivity contribution in [1.29, 1.82) is 0 Å². The highest BCUT2D eigenvalue weighted by molar-refractivity contribution is 7.89. The van der Waals surface area contributed by atoms with Crippen LogP contribution >= 0.6 is 0 Å². The zero-order chi connectivity index (χ0) is 18.6. The monoisotopic (exact) mass is 376 g/mol. The van der Waals surface area contributed by atoms with E-state index in [4.69, 9.17) is 4.42 Å². The Hall–Kier alpha value is -2.12. The number of hydrogen-bond acceptors (Lipinski definition) is 4. The van der Waals surface area contributed by atoms with Gasteiger partial charge in [0.05, 0.1) is 23.6 Å². The first-order valence-electron chi connectivity index (χ1n) is 8.86. The maximum Gasteiger partial charge on any atom is 0.241 e. The third-order valence-electron chi connectivity index (χ3n) is 4.60. The Morgan fingerprint density at radius 3 is 2.46 bits per heavy atom. The van der Waals surface area contributed by atoms with E-state index >= 15 is 0 Å². The Kier molecular flexibility index (Phi) is 5.78. The third kappa shape index (κ3) is 4.53. The predicted octanol–water partition coefficient (Wildman–Crippen LogP) is 3.01. The number of amides is 1. The molecule has 1 aliphatic heterocycles. The van der Waals surface area contributed by atoms with E-state index in [1.165, 1.54) is 6.26 Å². The minimum Gasteiger partial charge on any atom is -0.468 e. The molecule has 3 rings (SSSR count). The molecule has 26 heavy (non-hydrogen) atoms. The normalized spacial score (nSPS) is 16.4. The van der Waals surface area contributed by atoms with Crippen molar-refractivity contribution in [2.45, 2.75) is 43.5 Å². The van der Waals surface area contributed by atoms with E-state index in [0.29, 0.717) is 5.76 Å². The molecule has 6 nitrogen and oxygen atoms in total. The highest BCUT2D eigenvalue weighted by Gasteiger charge is 2.28. The van der Waals surface area contributed by atoms with Crippen LogP contribution in [0.5, 0.6) is 0 Å². The number of piperidine rings is 1. The fourth-order valence-electron chi connectivity index (χ4n) is 3.11. The van der Waals surface area contributed by atoms with Gasteiger partial charge < -0.3 is 9.32 Å². The Labute approximate surface area is 154 Å². The van der Waals surface area contributed by atoms with Crippen LogP contribution in [0.25, 0.3) is 0 Å². The van der Waals surface area contributed by atoms with E-state index in [2.05, 4.69) is 4.72 Å². The van der Waals surface area contributed by atoms with E-state index in [0.717, 1.165) is 37.9 Å². The SMILES string of the molecule is Cc1ccc(S(=O)(=O)N[C@H](CC(=O)N2CCCCC2)c2ccco2)cc1. The summed E-state index contributed by atoms with van der Waals surface area (Å²) < 4.78 is 33.5. The number of carbonyl (C=O) groups excluding carboxylic acids is 1. The standard InChI is InChI=1S/C19H24N2O4S/c1-15-7-9-16(10-8-15)26(23,24)20-17(18-6-5-13-25-18)14-19(22)21-11-3-2-4-12-21/h5-10,13,17,20H,2-4,11-12,14H2,1H3/t17-/m1/s1. The number of hydrogen-bond donors (Lipinski definition) is 1. The molecule has 0 bridgehead atoms. The van der Waals surface area contributed by atoms with E-state index in [1.54, 1.807) is 41.3 Å². The number of carbonyl (C=O) groups is 1. The maximum absolute atomic E-state index is 12.7. The number of nitrogens with one attached hydrogen (secondary N) is 1. The fourth-order valence-corrected chi connectivity index (χ4v) is 4.31. The van der Waals surface area contributed by atoms with Crippen molar-refractivity contribution in [3.05, 3.63) is 54.0 Å². The van der Waals surface area contributed by atoms with Crippen molar-refractivity contribution < 1.29 is 17.6 Å². The van der Waals surface area contributed by atoms with Gasteiger partial charge in [-0.15, -0.1) is 0 Å². The van der Waals surface area contributed by atoms with Crippen molar-refractivity contribution in [2.75, 3.05) is 13.1 Å². The van der Waals surface area contributed by atoms with Gasteiger partial charge >= 0.3 is 0 Å². The lowest BCUT2D eigenvalue weighted by Gasteiger charge is -2.28. The summed E-state index contributed by atoms with van der Waals surface area (Å²) in [5.41, 5.74) is 0.979. The Balaban J connectivity index is 1.78. The van der Waals surface area contributed by atoms with Crippen LogP contribution in [0.1, 0.15) is 43.0 Å². The van der Waals surface area contributed by atoms with Crippen molar-refractivity contribution in [3.8, 4) is 0 Å². The second kappa shape index (κ2) is 8.05. The van der Waals surface area contributed by atoms with E-state index < -0.39 is 16.1 Å². The number of aryl methyl sites for hydroxylation is 1. The third-order valence-corrected chi connectivity index (χ3v) is 6.09. The summed E-state index contributed by atoms with van der Waals surface area (Å²) in [6.45, 7) is 3.36. The van der Waals surface area contributed by atoms with E-state index in [1.807, 2.05) is 6.92 Å². The molecule has 1 amide bonds. The average Bonchev–Trinajstić information content (AvgIpc) is 3.17. The van der Waals surface area contributed by atoms with Gasteiger partial charge in [0, 0.05) is 13.1 Å². The molecule has 1 saturated heterocycles. The van der Waals surface area contributed by atoms with Crippen LogP contribution in [0.15, 0.2) is 52.0 Å². The molecule has 0 radical (unpaired) electrons. The number of furan rings is 1. The predicted molar refractivity (Wildman–Crippen MR) is 98.0 cm³/mol. The molecule has 1 fully saturated rings. The van der Waals surface area contributed by atoms with Gasteiger partial charge in [0.2, 0.25) is 15.9 Å². The number of sulfonamides is 1. The van der Waals surface area contributed by atoms with Gasteiger partial charge in [-0.05, 0) is 50.5 Å². The average molecular weight is 376 g/mol. The second-order valence-electron chi connectivity index (χ2n) is 6.65. The number of benzene rings is 1. The molecule has 0 spiro atoms. The van der Waals surface area contributed by atoms with Crippen molar-refractivity contribution in [3.63, 3.8) is 0 Å². The molecular formula is C19H24N2O4S. The fraction of sp³-hybridized carbons (Fsp3) is 0.421. The molecule has 1 N–H and O–H groups in total. The molecule has 2 heterocycles. The van der Waals surface area contributed by atoms with E-state index in [9.17, 15) is 13.2 Å². The lowest BCUT2D eigenvalue weighted by atomic mass is 10.1. The first-order chi connectivity index (χ1) is 12.5. The van der Waals surface area contributed by atoms with Crippen LogP contribution in [-0.4, -0.2) is 32.3 Å². The smallest absolute Gasteiger partial charge is 0.241 e. The minimum absolute atomic E-state index is 0.0403. The van der Waals surface area contributed by atoms with Gasteiger partial charge in [-0.1, -0.05) is 17.7 Å². The van der Waals surface area contributed by atoms with Gasteiger partial charge in [-0.3, -0.25) is 4.79 Å². The van der Waals surface area contributed by atoms with Crippen LogP contribution < -0.4 is 4.72 Å². The summed E-state index contributed by atoms with van der Waals surface area (Å²) in [5, 5.41) is 0. The highest BCUT2D eigenvalue weighted by Crippen LogP contribution is 2.23. The molecule has 0 saturated carbocycles. The molecular weight excluding hydrogens is 352 g/mol. The van der Waals surface area contributed by atoms with Crippen LogP contribution in [0.4, 0.5) is 0 Å².